The maximum atomic E-state index is 13.9. The summed E-state index contributed by atoms with van der Waals surface area (Å²) in [6.45, 7) is 6.04. The molecule has 0 aliphatic rings. The second kappa shape index (κ2) is 10.6. The van der Waals surface area contributed by atoms with Crippen molar-refractivity contribution >= 4 is 22.8 Å². The van der Waals surface area contributed by atoms with Gasteiger partial charge in [-0.05, 0) is 55.7 Å². The highest BCUT2D eigenvalue weighted by Gasteiger charge is 2.34. The van der Waals surface area contributed by atoms with E-state index in [1.807, 2.05) is 75.4 Å². The molecule has 3 aromatic carbocycles. The standard InChI is InChI=1S/C28H31N5O3/c1-4-28(2,3)29-27(36)26(21-14-16-22(34)17-15-21)32(18-20-10-6-5-7-11-20)25(35)19-33-24-13-9-8-12-23(24)30-31-33/h5-17,26,34H,4,18-19H2,1-3H3,(H,29,36)/t26-/m0/s1. The van der Waals surface area contributed by atoms with Crippen LogP contribution in [0.4, 0.5) is 0 Å². The van der Waals surface area contributed by atoms with Gasteiger partial charge in [-0.15, -0.1) is 5.10 Å². The van der Waals surface area contributed by atoms with Gasteiger partial charge in [0.2, 0.25) is 11.8 Å². The lowest BCUT2D eigenvalue weighted by atomic mass is 9.98. The van der Waals surface area contributed by atoms with Crippen LogP contribution in [0.5, 0.6) is 5.75 Å². The zero-order valence-electron chi connectivity index (χ0n) is 20.8. The van der Waals surface area contributed by atoms with Crippen molar-refractivity contribution in [1.82, 2.24) is 25.2 Å². The molecule has 1 atom stereocenters. The molecule has 36 heavy (non-hydrogen) atoms. The number of phenols is 1. The third-order valence-electron chi connectivity index (χ3n) is 6.34. The Kier molecular flexibility index (Phi) is 7.33. The minimum absolute atomic E-state index is 0.0770. The van der Waals surface area contributed by atoms with Crippen molar-refractivity contribution in [3.05, 3.63) is 90.0 Å². The van der Waals surface area contributed by atoms with Crippen LogP contribution in [0.3, 0.4) is 0 Å². The number of carbonyl (C=O) groups is 2. The van der Waals surface area contributed by atoms with Crippen LogP contribution in [-0.2, 0) is 22.7 Å². The number of fused-ring (bicyclic) bond motifs is 1. The molecular weight excluding hydrogens is 454 g/mol. The first-order valence-electron chi connectivity index (χ1n) is 12.0. The van der Waals surface area contributed by atoms with E-state index >= 15 is 0 Å². The van der Waals surface area contributed by atoms with Crippen LogP contribution in [0.25, 0.3) is 11.0 Å². The Bertz CT molecular complexity index is 1330. The quantitative estimate of drug-likeness (QED) is 0.370. The fourth-order valence-corrected chi connectivity index (χ4v) is 3.98. The summed E-state index contributed by atoms with van der Waals surface area (Å²) >= 11 is 0. The molecule has 0 saturated heterocycles. The van der Waals surface area contributed by atoms with Crippen molar-refractivity contribution < 1.29 is 14.7 Å². The first-order valence-corrected chi connectivity index (χ1v) is 12.0. The number of hydrogen-bond acceptors (Lipinski definition) is 5. The molecule has 0 bridgehead atoms. The first-order chi connectivity index (χ1) is 17.3. The third-order valence-corrected chi connectivity index (χ3v) is 6.34. The van der Waals surface area contributed by atoms with Gasteiger partial charge in [0.15, 0.2) is 0 Å². The Balaban J connectivity index is 1.75. The molecule has 0 aliphatic heterocycles. The predicted octanol–water partition coefficient (Wildman–Crippen LogP) is 4.21. The number of nitrogens with zero attached hydrogens (tertiary/aromatic N) is 4. The smallest absolute Gasteiger partial charge is 0.247 e. The van der Waals surface area contributed by atoms with Crippen LogP contribution < -0.4 is 5.32 Å². The third kappa shape index (κ3) is 5.71. The Morgan fingerprint density at radius 3 is 2.36 bits per heavy atom. The zero-order valence-corrected chi connectivity index (χ0v) is 20.8. The Labute approximate surface area is 210 Å². The summed E-state index contributed by atoms with van der Waals surface area (Å²) < 4.78 is 1.55. The van der Waals surface area contributed by atoms with Crippen LogP contribution in [0, 0.1) is 0 Å². The number of amides is 2. The minimum Gasteiger partial charge on any atom is -0.508 e. The zero-order chi connectivity index (χ0) is 25.7. The van der Waals surface area contributed by atoms with Gasteiger partial charge in [-0.25, -0.2) is 4.68 Å². The predicted molar refractivity (Wildman–Crippen MR) is 138 cm³/mol. The van der Waals surface area contributed by atoms with Gasteiger partial charge in [0.1, 0.15) is 23.9 Å². The Morgan fingerprint density at radius 2 is 1.67 bits per heavy atom. The van der Waals surface area contributed by atoms with Crippen molar-refractivity contribution in [2.24, 2.45) is 0 Å². The van der Waals surface area contributed by atoms with Crippen molar-refractivity contribution in [3.8, 4) is 5.75 Å². The summed E-state index contributed by atoms with van der Waals surface area (Å²) in [6, 6.07) is 22.5. The number of carbonyl (C=O) groups excluding carboxylic acids is 2. The lowest BCUT2D eigenvalue weighted by Gasteiger charge is -2.34. The second-order valence-corrected chi connectivity index (χ2v) is 9.46. The van der Waals surface area contributed by atoms with Crippen molar-refractivity contribution in [1.29, 1.82) is 0 Å². The van der Waals surface area contributed by atoms with Crippen molar-refractivity contribution in [3.63, 3.8) is 0 Å². The number of rotatable bonds is 9. The monoisotopic (exact) mass is 485 g/mol. The van der Waals surface area contributed by atoms with E-state index in [4.69, 9.17) is 0 Å². The van der Waals surface area contributed by atoms with Crippen LogP contribution in [0.2, 0.25) is 0 Å². The highest BCUT2D eigenvalue weighted by molar-refractivity contribution is 5.89. The van der Waals surface area contributed by atoms with Gasteiger partial charge in [-0.3, -0.25) is 9.59 Å². The van der Waals surface area contributed by atoms with E-state index < -0.39 is 11.6 Å². The van der Waals surface area contributed by atoms with E-state index in [-0.39, 0.29) is 30.7 Å². The number of para-hydroxylation sites is 1. The molecule has 8 nitrogen and oxygen atoms in total. The molecule has 0 unspecified atom stereocenters. The topological polar surface area (TPSA) is 100 Å². The van der Waals surface area contributed by atoms with Crippen LogP contribution in [0.15, 0.2) is 78.9 Å². The number of aromatic hydroxyl groups is 1. The maximum absolute atomic E-state index is 13.9. The van der Waals surface area contributed by atoms with Crippen molar-refractivity contribution in [2.45, 2.75) is 51.9 Å². The highest BCUT2D eigenvalue weighted by Crippen LogP contribution is 2.27. The summed E-state index contributed by atoms with van der Waals surface area (Å²) in [5, 5.41) is 21.3. The summed E-state index contributed by atoms with van der Waals surface area (Å²) in [5.74, 6) is -0.487. The summed E-state index contributed by atoms with van der Waals surface area (Å²) in [4.78, 5) is 29.2. The van der Waals surface area contributed by atoms with Gasteiger partial charge < -0.3 is 15.3 Å². The molecule has 1 aromatic heterocycles. The molecule has 0 radical (unpaired) electrons. The van der Waals surface area contributed by atoms with E-state index in [1.165, 1.54) is 12.1 Å². The molecule has 2 amide bonds. The number of nitrogens with one attached hydrogen (secondary N) is 1. The van der Waals surface area contributed by atoms with E-state index in [1.54, 1.807) is 21.7 Å². The second-order valence-electron chi connectivity index (χ2n) is 9.46. The van der Waals surface area contributed by atoms with E-state index in [2.05, 4.69) is 15.6 Å². The summed E-state index contributed by atoms with van der Waals surface area (Å²) in [7, 11) is 0. The Hall–Kier alpha value is -4.20. The van der Waals surface area contributed by atoms with E-state index in [0.717, 1.165) is 17.5 Å². The average molecular weight is 486 g/mol. The number of hydrogen-bond donors (Lipinski definition) is 2. The lowest BCUT2D eigenvalue weighted by Crippen LogP contribution is -2.50. The Morgan fingerprint density at radius 1 is 1.00 bits per heavy atom. The first kappa shape index (κ1) is 24.9. The fraction of sp³-hybridized carbons (Fsp3) is 0.286. The fourth-order valence-electron chi connectivity index (χ4n) is 3.98. The van der Waals surface area contributed by atoms with Crippen LogP contribution >= 0.6 is 0 Å². The number of benzene rings is 3. The number of aromatic nitrogens is 3. The molecule has 0 spiro atoms. The van der Waals surface area contributed by atoms with E-state index in [9.17, 15) is 14.7 Å². The van der Waals surface area contributed by atoms with Crippen LogP contribution in [0.1, 0.15) is 44.4 Å². The van der Waals surface area contributed by atoms with Gasteiger partial charge >= 0.3 is 0 Å². The van der Waals surface area contributed by atoms with Gasteiger partial charge in [-0.2, -0.15) is 0 Å². The van der Waals surface area contributed by atoms with Crippen molar-refractivity contribution in [2.75, 3.05) is 0 Å². The SMILES string of the molecule is CCC(C)(C)NC(=O)[C@H](c1ccc(O)cc1)N(Cc1ccccc1)C(=O)Cn1nnc2ccccc21. The molecule has 0 aliphatic carbocycles. The lowest BCUT2D eigenvalue weighted by molar-refractivity contribution is -0.143. The minimum atomic E-state index is -0.918. The normalized spacial score (nSPS) is 12.3. The molecule has 1 heterocycles. The molecule has 4 rings (SSSR count). The van der Waals surface area contributed by atoms with Gasteiger partial charge in [0, 0.05) is 12.1 Å². The summed E-state index contributed by atoms with van der Waals surface area (Å²) in [6.07, 6.45) is 0.721. The largest absolute Gasteiger partial charge is 0.508 e. The molecule has 4 aromatic rings. The van der Waals surface area contributed by atoms with Gasteiger partial charge in [0.25, 0.3) is 0 Å². The highest BCUT2D eigenvalue weighted by atomic mass is 16.3. The molecule has 0 saturated carbocycles. The molecule has 186 valence electrons. The number of phenolic OH excluding ortho intramolecular Hbond substituents is 1. The molecule has 8 heteroatoms. The molecular formula is C28H31N5O3. The molecule has 2 N–H and O–H groups in total. The van der Waals surface area contributed by atoms with Crippen LogP contribution in [-0.4, -0.2) is 42.4 Å². The maximum Gasteiger partial charge on any atom is 0.247 e. The van der Waals surface area contributed by atoms with Gasteiger partial charge in [-0.1, -0.05) is 66.7 Å². The van der Waals surface area contributed by atoms with Gasteiger partial charge in [0.05, 0.1) is 5.52 Å². The van der Waals surface area contributed by atoms with E-state index in [0.29, 0.717) is 11.1 Å². The average Bonchev–Trinajstić information content (AvgIpc) is 3.28. The summed E-state index contributed by atoms with van der Waals surface area (Å²) in [5.41, 5.74) is 2.46. The molecule has 0 fully saturated rings.